The second-order valence-electron chi connectivity index (χ2n) is 3.47. The predicted octanol–water partition coefficient (Wildman–Crippen LogP) is 1.26. The molecule has 0 bridgehead atoms. The van der Waals surface area contributed by atoms with Gasteiger partial charge >= 0.3 is 0 Å². The first-order chi connectivity index (χ1) is 6.42. The van der Waals surface area contributed by atoms with E-state index < -0.39 is 9.05 Å². The summed E-state index contributed by atoms with van der Waals surface area (Å²) >= 11 is 4.17. The zero-order valence-corrected chi connectivity index (χ0v) is 10.4. The predicted molar refractivity (Wildman–Crippen MR) is 61.1 cm³/mol. The van der Waals surface area contributed by atoms with Crippen molar-refractivity contribution in [1.82, 2.24) is 4.90 Å². The Hall–Kier alpha value is 0.250. The molecule has 0 fully saturated rings. The molecule has 0 aliphatic carbocycles. The highest BCUT2D eigenvalue weighted by Crippen LogP contribution is 2.01. The molecule has 14 heavy (non-hydrogen) atoms. The van der Waals surface area contributed by atoms with Crippen molar-refractivity contribution in [2.24, 2.45) is 0 Å². The fraction of sp³-hybridized carbons (Fsp3) is 1.00. The SMILES string of the molecule is CN(C)CCCCCCOS(=O)(O)=S. The Labute approximate surface area is 91.3 Å². The Balaban J connectivity index is 3.15. The van der Waals surface area contributed by atoms with Crippen LogP contribution >= 0.6 is 0 Å². The Bertz CT molecular complexity index is 227. The van der Waals surface area contributed by atoms with Crippen LogP contribution in [0.4, 0.5) is 0 Å². The molecule has 1 atom stereocenters. The summed E-state index contributed by atoms with van der Waals surface area (Å²) in [5.41, 5.74) is 0. The van der Waals surface area contributed by atoms with E-state index in [9.17, 15) is 4.21 Å². The van der Waals surface area contributed by atoms with Gasteiger partial charge in [0.05, 0.1) is 6.61 Å². The highest BCUT2D eigenvalue weighted by atomic mass is 32.9. The van der Waals surface area contributed by atoms with Gasteiger partial charge in [-0.05, 0) is 33.5 Å². The molecule has 0 amide bonds. The van der Waals surface area contributed by atoms with E-state index >= 15 is 0 Å². The van der Waals surface area contributed by atoms with E-state index in [4.69, 9.17) is 4.55 Å². The highest BCUT2D eigenvalue weighted by Gasteiger charge is 1.98. The van der Waals surface area contributed by atoms with E-state index in [1.807, 2.05) is 14.1 Å². The smallest absolute Gasteiger partial charge is 0.266 e. The van der Waals surface area contributed by atoms with Crippen LogP contribution in [0.15, 0.2) is 0 Å². The van der Waals surface area contributed by atoms with Gasteiger partial charge in [-0.15, -0.1) is 0 Å². The molecule has 86 valence electrons. The third-order valence-electron chi connectivity index (χ3n) is 1.73. The molecular formula is C8H19NO3S2. The molecule has 0 radical (unpaired) electrons. The van der Waals surface area contributed by atoms with Crippen molar-refractivity contribution < 1.29 is 12.9 Å². The van der Waals surface area contributed by atoms with Crippen molar-refractivity contribution in [3.63, 3.8) is 0 Å². The van der Waals surface area contributed by atoms with Crippen LogP contribution in [0.3, 0.4) is 0 Å². The van der Waals surface area contributed by atoms with Gasteiger partial charge in [0.25, 0.3) is 9.05 Å². The molecule has 0 aliphatic rings. The van der Waals surface area contributed by atoms with Gasteiger partial charge in [-0.1, -0.05) is 12.8 Å². The molecule has 0 heterocycles. The Morgan fingerprint density at radius 3 is 2.36 bits per heavy atom. The minimum absolute atomic E-state index is 0.279. The van der Waals surface area contributed by atoms with Gasteiger partial charge in [-0.2, -0.15) is 4.21 Å². The fourth-order valence-corrected chi connectivity index (χ4v) is 1.58. The van der Waals surface area contributed by atoms with E-state index in [1.165, 1.54) is 0 Å². The topological polar surface area (TPSA) is 49.8 Å². The van der Waals surface area contributed by atoms with Crippen LogP contribution < -0.4 is 0 Å². The maximum Gasteiger partial charge on any atom is 0.266 e. The zero-order valence-electron chi connectivity index (χ0n) is 8.77. The van der Waals surface area contributed by atoms with E-state index in [0.29, 0.717) is 0 Å². The monoisotopic (exact) mass is 241 g/mol. The molecule has 1 unspecified atom stereocenters. The highest BCUT2D eigenvalue weighted by molar-refractivity contribution is 8.27. The lowest BCUT2D eigenvalue weighted by atomic mass is 10.2. The Morgan fingerprint density at radius 2 is 1.86 bits per heavy atom. The number of rotatable bonds is 8. The molecule has 0 aromatic carbocycles. The molecule has 0 saturated carbocycles. The van der Waals surface area contributed by atoms with Crippen molar-refractivity contribution in [2.45, 2.75) is 25.7 Å². The third kappa shape index (κ3) is 12.2. The summed E-state index contributed by atoms with van der Waals surface area (Å²) in [6, 6.07) is 0. The van der Waals surface area contributed by atoms with Gasteiger partial charge in [-0.25, -0.2) is 0 Å². The average molecular weight is 241 g/mol. The van der Waals surface area contributed by atoms with Crippen molar-refractivity contribution in [1.29, 1.82) is 0 Å². The number of unbranched alkanes of at least 4 members (excludes halogenated alkanes) is 3. The molecular weight excluding hydrogens is 222 g/mol. The van der Waals surface area contributed by atoms with Crippen molar-refractivity contribution in [2.75, 3.05) is 27.2 Å². The zero-order chi connectivity index (χ0) is 11.0. The van der Waals surface area contributed by atoms with Gasteiger partial charge < -0.3 is 4.90 Å². The van der Waals surface area contributed by atoms with Gasteiger partial charge in [0.1, 0.15) is 0 Å². The standard InChI is InChI=1S/C8H19NO3S2/c1-9(2)7-5-3-4-6-8-12-14(10,11)13/h3-8H2,1-2H3,(H,10,11,13). The minimum Gasteiger partial charge on any atom is -0.309 e. The van der Waals surface area contributed by atoms with E-state index in [-0.39, 0.29) is 6.61 Å². The van der Waals surface area contributed by atoms with Crippen LogP contribution in [0.1, 0.15) is 25.7 Å². The molecule has 6 heteroatoms. The summed E-state index contributed by atoms with van der Waals surface area (Å²) < 4.78 is 23.7. The lowest BCUT2D eigenvalue weighted by Crippen LogP contribution is -2.12. The van der Waals surface area contributed by atoms with Crippen LogP contribution in [0.5, 0.6) is 0 Å². The summed E-state index contributed by atoms with van der Waals surface area (Å²) in [5.74, 6) is 0. The maximum absolute atomic E-state index is 10.5. The lowest BCUT2D eigenvalue weighted by Gasteiger charge is -2.08. The molecule has 0 aromatic rings. The van der Waals surface area contributed by atoms with Gasteiger partial charge in [0.15, 0.2) is 0 Å². The number of nitrogens with zero attached hydrogens (tertiary/aromatic N) is 1. The normalized spacial score (nSPS) is 15.7. The quantitative estimate of drug-likeness (QED) is 0.648. The van der Waals surface area contributed by atoms with Crippen LogP contribution in [0, 0.1) is 0 Å². The summed E-state index contributed by atoms with van der Waals surface area (Å²) in [6.07, 6.45) is 4.07. The van der Waals surface area contributed by atoms with Crippen molar-refractivity contribution in [3.8, 4) is 0 Å². The molecule has 0 saturated heterocycles. The first-order valence-corrected chi connectivity index (χ1v) is 7.05. The van der Waals surface area contributed by atoms with Crippen LogP contribution in [-0.4, -0.2) is 40.9 Å². The van der Waals surface area contributed by atoms with Crippen molar-refractivity contribution >= 4 is 20.2 Å². The van der Waals surface area contributed by atoms with Crippen molar-refractivity contribution in [3.05, 3.63) is 0 Å². The van der Waals surface area contributed by atoms with E-state index in [0.717, 1.165) is 32.2 Å². The van der Waals surface area contributed by atoms with Gasteiger partial charge in [0.2, 0.25) is 0 Å². The fourth-order valence-electron chi connectivity index (χ4n) is 1.05. The first kappa shape index (κ1) is 14.2. The Kier molecular flexibility index (Phi) is 7.66. The molecule has 0 aliphatic heterocycles. The largest absolute Gasteiger partial charge is 0.309 e. The summed E-state index contributed by atoms with van der Waals surface area (Å²) in [4.78, 5) is 2.14. The molecule has 0 rings (SSSR count). The summed E-state index contributed by atoms with van der Waals surface area (Å²) in [6.45, 7) is 1.36. The number of hydrogen-bond donors (Lipinski definition) is 1. The molecule has 1 N–H and O–H groups in total. The van der Waals surface area contributed by atoms with Crippen LogP contribution in [0.25, 0.3) is 0 Å². The van der Waals surface area contributed by atoms with Crippen LogP contribution in [-0.2, 0) is 24.4 Å². The first-order valence-electron chi connectivity index (χ1n) is 4.68. The molecule has 0 aromatic heterocycles. The van der Waals surface area contributed by atoms with Gasteiger partial charge in [0, 0.05) is 11.2 Å². The molecule has 4 nitrogen and oxygen atoms in total. The summed E-state index contributed by atoms with van der Waals surface area (Å²) in [5, 5.41) is 0. The van der Waals surface area contributed by atoms with E-state index in [1.54, 1.807) is 0 Å². The van der Waals surface area contributed by atoms with Crippen LogP contribution in [0.2, 0.25) is 0 Å². The lowest BCUT2D eigenvalue weighted by molar-refractivity contribution is 0.292. The third-order valence-corrected chi connectivity index (χ3v) is 2.49. The minimum atomic E-state index is -3.41. The Morgan fingerprint density at radius 1 is 1.29 bits per heavy atom. The maximum atomic E-state index is 10.5. The van der Waals surface area contributed by atoms with Gasteiger partial charge in [-0.3, -0.25) is 8.74 Å². The second-order valence-corrected chi connectivity index (χ2v) is 5.82. The summed E-state index contributed by atoms with van der Waals surface area (Å²) in [7, 11) is 0.681. The average Bonchev–Trinajstić information content (AvgIpc) is 2.00. The number of hydrogen-bond acceptors (Lipinski definition) is 4. The second kappa shape index (κ2) is 7.53. The molecule has 0 spiro atoms. The van der Waals surface area contributed by atoms with E-state index in [2.05, 4.69) is 20.3 Å².